The number of nitrogens with zero attached hydrogens (tertiary/aromatic N) is 1. The Hall–Kier alpha value is -2.78. The van der Waals surface area contributed by atoms with Crippen molar-refractivity contribution < 1.29 is 30.0 Å². The van der Waals surface area contributed by atoms with Crippen LogP contribution in [0.5, 0.6) is 5.75 Å². The first-order valence-electron chi connectivity index (χ1n) is 15.2. The minimum Gasteiger partial charge on any atom is -0.494 e. The Labute approximate surface area is 258 Å². The van der Waals surface area contributed by atoms with Gasteiger partial charge in [-0.05, 0) is 72.8 Å². The van der Waals surface area contributed by atoms with E-state index >= 15 is 0 Å². The van der Waals surface area contributed by atoms with E-state index in [-0.39, 0.29) is 17.0 Å². The third-order valence-corrected chi connectivity index (χ3v) is 8.03. The lowest BCUT2D eigenvalue weighted by Crippen LogP contribution is -2.42. The van der Waals surface area contributed by atoms with Gasteiger partial charge in [0.2, 0.25) is 0 Å². The monoisotopic (exact) mass is 603 g/mol. The summed E-state index contributed by atoms with van der Waals surface area (Å²) in [5, 5.41) is 26.9. The van der Waals surface area contributed by atoms with E-state index in [1.54, 1.807) is 0 Å². The molecule has 8 heteroatoms. The number of aromatic carboxylic acids is 1. The average Bonchev–Trinajstić information content (AvgIpc) is 3.01. The number of thioether (sulfide) groups is 1. The molecule has 2 aromatic carbocycles. The van der Waals surface area contributed by atoms with E-state index in [0.29, 0.717) is 0 Å². The van der Waals surface area contributed by atoms with Gasteiger partial charge in [-0.25, -0.2) is 4.79 Å². The van der Waals surface area contributed by atoms with Crippen LogP contribution in [0.25, 0.3) is 4.91 Å². The maximum Gasteiger partial charge on any atom is 0.335 e. The second-order valence-corrected chi connectivity index (χ2v) is 10.8. The van der Waals surface area contributed by atoms with Gasteiger partial charge in [0.1, 0.15) is 11.4 Å². The van der Waals surface area contributed by atoms with Crippen LogP contribution in [0.4, 0.5) is 5.69 Å². The molecule has 0 aliphatic heterocycles. The number of hydroxylamine groups is 2. The maximum atomic E-state index is 10.7. The number of allylic oxidation sites excluding steroid dienone is 2. The molecule has 0 unspecified atom stereocenters. The third kappa shape index (κ3) is 13.9. The summed E-state index contributed by atoms with van der Waals surface area (Å²) in [6.45, 7) is 19.0. The van der Waals surface area contributed by atoms with Crippen LogP contribution in [0.2, 0.25) is 0 Å². The quantitative estimate of drug-likeness (QED) is 0.158. The van der Waals surface area contributed by atoms with E-state index in [1.807, 2.05) is 39.5 Å². The van der Waals surface area contributed by atoms with Crippen LogP contribution in [0.3, 0.4) is 0 Å². The Balaban J connectivity index is 0.000000744. The number of methoxy groups -OCH3 is 1. The third-order valence-electron chi connectivity index (χ3n) is 6.66. The number of carboxylic acids is 1. The number of anilines is 1. The van der Waals surface area contributed by atoms with Crippen LogP contribution in [-0.4, -0.2) is 40.6 Å². The topological polar surface area (TPSA) is 99.0 Å². The zero-order chi connectivity index (χ0) is 32.3. The Morgan fingerprint density at radius 3 is 1.98 bits per heavy atom. The van der Waals surface area contributed by atoms with Gasteiger partial charge in [0.15, 0.2) is 7.05 Å². The summed E-state index contributed by atoms with van der Waals surface area (Å²) in [7, 11) is 2.43. The van der Waals surface area contributed by atoms with E-state index in [2.05, 4.69) is 57.0 Å². The Kier molecular flexibility index (Phi) is 19.6. The minimum atomic E-state index is -1.48. The van der Waals surface area contributed by atoms with Crippen LogP contribution < -0.4 is 10.2 Å². The highest BCUT2D eigenvalue weighted by Gasteiger charge is 2.18. The highest BCUT2D eigenvalue weighted by Crippen LogP contribution is 2.38. The maximum absolute atomic E-state index is 10.7. The first kappa shape index (κ1) is 39.2. The smallest absolute Gasteiger partial charge is 0.335 e. The SMILES string of the molecule is C=C(S/C(CC)=C(\C)CC)c1ccc(C2CCCCC2)cc1.CC.CC.COc1cc(C(=O)O)ccc1N[N+](C)(O)O. The number of carbonyl (C=O) groups is 1. The molecule has 3 rings (SSSR count). The van der Waals surface area contributed by atoms with Gasteiger partial charge in [0.25, 0.3) is 0 Å². The average molecular weight is 604 g/mol. The Morgan fingerprint density at radius 1 is 0.976 bits per heavy atom. The summed E-state index contributed by atoms with van der Waals surface area (Å²) >= 11 is 1.86. The fourth-order valence-corrected chi connectivity index (χ4v) is 5.40. The van der Waals surface area contributed by atoms with Gasteiger partial charge in [-0.3, -0.25) is 0 Å². The lowest BCUT2D eigenvalue weighted by Gasteiger charge is -2.22. The van der Waals surface area contributed by atoms with E-state index in [0.717, 1.165) is 25.8 Å². The number of hydrogen-bond acceptors (Lipinski definition) is 6. The van der Waals surface area contributed by atoms with Crippen molar-refractivity contribution in [3.8, 4) is 5.75 Å². The molecule has 42 heavy (non-hydrogen) atoms. The second-order valence-electron chi connectivity index (χ2n) is 9.64. The molecule has 1 aliphatic carbocycles. The summed E-state index contributed by atoms with van der Waals surface area (Å²) in [6, 6.07) is 13.2. The first-order valence-corrected chi connectivity index (χ1v) is 16.0. The number of nitrogens with one attached hydrogen (secondary N) is 1. The minimum absolute atomic E-state index is 0.0486. The van der Waals surface area contributed by atoms with Crippen molar-refractivity contribution in [3.63, 3.8) is 0 Å². The van der Waals surface area contributed by atoms with E-state index < -0.39 is 10.9 Å². The molecule has 1 fully saturated rings. The van der Waals surface area contributed by atoms with Crippen LogP contribution in [0.15, 0.2) is 59.5 Å². The highest BCUT2D eigenvalue weighted by atomic mass is 32.2. The molecular formula is C34H55N2O5S+. The summed E-state index contributed by atoms with van der Waals surface area (Å²) in [6.07, 6.45) is 9.19. The molecule has 1 saturated carbocycles. The first-order chi connectivity index (χ1) is 20.0. The molecule has 4 N–H and O–H groups in total. The number of quaternary nitrogens is 1. The fraction of sp³-hybridized carbons (Fsp3) is 0.500. The van der Waals surface area contributed by atoms with Gasteiger partial charge < -0.3 is 9.84 Å². The standard InChI is InChI=1S/C21H30S.C9H12N2O5.2C2H6/c1-5-16(3)21(6-2)22-17(4)18-12-14-20(15-13-18)19-10-8-7-9-11-19;1-11(14,15)10-7-4-3-6(9(12)13)5-8(7)16-2;2*1-2/h12-15,19H,4-11H2,1-3H3;3-5,10,14-15H,1-2H3;2*1-2H3/p+1/b21-16+;;;. The van der Waals surface area contributed by atoms with E-state index in [1.165, 1.54) is 83.9 Å². The largest absolute Gasteiger partial charge is 0.494 e. The van der Waals surface area contributed by atoms with Crippen molar-refractivity contribution in [2.45, 2.75) is 99.3 Å². The van der Waals surface area contributed by atoms with Crippen molar-refractivity contribution in [2.75, 3.05) is 19.6 Å². The molecule has 0 spiro atoms. The number of carboxylic acid groups (broad SMARTS) is 1. The lowest BCUT2D eigenvalue weighted by molar-refractivity contribution is -1.22. The van der Waals surface area contributed by atoms with Crippen molar-refractivity contribution in [1.29, 1.82) is 0 Å². The molecular weight excluding hydrogens is 548 g/mol. The molecule has 0 atom stereocenters. The van der Waals surface area contributed by atoms with Gasteiger partial charge in [-0.1, -0.05) is 109 Å². The molecule has 0 saturated heterocycles. The Bertz CT molecular complexity index is 1100. The van der Waals surface area contributed by atoms with Crippen LogP contribution in [0, 0.1) is 0 Å². The molecule has 0 amide bonds. The zero-order valence-corrected chi connectivity index (χ0v) is 28.1. The number of hydrogen-bond donors (Lipinski definition) is 4. The van der Waals surface area contributed by atoms with Crippen LogP contribution >= 0.6 is 11.8 Å². The molecule has 236 valence electrons. The van der Waals surface area contributed by atoms with E-state index in [4.69, 9.17) is 20.3 Å². The molecule has 0 radical (unpaired) electrons. The van der Waals surface area contributed by atoms with Crippen molar-refractivity contribution in [3.05, 3.63) is 76.2 Å². The van der Waals surface area contributed by atoms with Gasteiger partial charge in [-0.2, -0.15) is 15.8 Å². The summed E-state index contributed by atoms with van der Waals surface area (Å²) in [4.78, 5) is 11.9. The van der Waals surface area contributed by atoms with Gasteiger partial charge in [0.05, 0.1) is 12.7 Å². The van der Waals surface area contributed by atoms with Crippen LogP contribution in [0.1, 0.15) is 121 Å². The number of ether oxygens (including phenoxy) is 1. The molecule has 1 aliphatic rings. The summed E-state index contributed by atoms with van der Waals surface area (Å²) in [5.41, 5.74) is 6.91. The summed E-state index contributed by atoms with van der Waals surface area (Å²) in [5.74, 6) is -0.0976. The van der Waals surface area contributed by atoms with Crippen molar-refractivity contribution >= 4 is 28.3 Å². The van der Waals surface area contributed by atoms with Crippen LogP contribution in [-0.2, 0) is 0 Å². The molecule has 0 aromatic heterocycles. The molecule has 2 aromatic rings. The predicted octanol–water partition coefficient (Wildman–Crippen LogP) is 10.5. The van der Waals surface area contributed by atoms with E-state index in [9.17, 15) is 4.79 Å². The molecule has 7 nitrogen and oxygen atoms in total. The second kappa shape index (κ2) is 21.0. The molecule has 0 bridgehead atoms. The van der Waals surface area contributed by atoms with Crippen molar-refractivity contribution in [1.82, 2.24) is 0 Å². The lowest BCUT2D eigenvalue weighted by atomic mass is 9.84. The van der Waals surface area contributed by atoms with Crippen molar-refractivity contribution in [2.24, 2.45) is 0 Å². The fourth-order valence-electron chi connectivity index (χ4n) is 4.39. The predicted molar refractivity (Wildman–Crippen MR) is 178 cm³/mol. The highest BCUT2D eigenvalue weighted by molar-refractivity contribution is 8.11. The zero-order valence-electron chi connectivity index (χ0n) is 27.3. The number of rotatable bonds is 10. The van der Waals surface area contributed by atoms with Gasteiger partial charge >= 0.3 is 5.97 Å². The van der Waals surface area contributed by atoms with Gasteiger partial charge in [-0.15, -0.1) is 0 Å². The normalized spacial score (nSPS) is 13.5. The molecule has 0 heterocycles. The van der Waals surface area contributed by atoms with Gasteiger partial charge in [0, 0.05) is 9.82 Å². The summed E-state index contributed by atoms with van der Waals surface area (Å²) < 4.78 is 4.92. The Morgan fingerprint density at radius 2 is 1.52 bits per heavy atom. The number of benzene rings is 2.